The minimum atomic E-state index is -3.78. The molecule has 5 nitrogen and oxygen atoms in total. The van der Waals surface area contributed by atoms with Crippen molar-refractivity contribution in [1.82, 2.24) is 5.32 Å². The van der Waals surface area contributed by atoms with Crippen molar-refractivity contribution in [3.8, 4) is 0 Å². The molecule has 1 unspecified atom stereocenters. The van der Waals surface area contributed by atoms with E-state index in [2.05, 4.69) is 10.0 Å². The van der Waals surface area contributed by atoms with Crippen molar-refractivity contribution in [1.29, 1.82) is 0 Å². The van der Waals surface area contributed by atoms with E-state index < -0.39 is 15.8 Å². The molecule has 0 aliphatic carbocycles. The zero-order chi connectivity index (χ0) is 18.4. The first kappa shape index (κ1) is 18.9. The molecule has 2 aromatic carbocycles. The highest BCUT2D eigenvalue weighted by atomic mass is 32.2. The van der Waals surface area contributed by atoms with Crippen LogP contribution in [0.25, 0.3) is 0 Å². The zero-order valence-corrected chi connectivity index (χ0v) is 14.9. The molecule has 0 saturated carbocycles. The summed E-state index contributed by atoms with van der Waals surface area (Å²) >= 11 is 0. The minimum Gasteiger partial charge on any atom is -0.353 e. The molecule has 0 bridgehead atoms. The topological polar surface area (TPSA) is 75.3 Å². The number of halogens is 1. The van der Waals surface area contributed by atoms with Gasteiger partial charge < -0.3 is 5.32 Å². The Morgan fingerprint density at radius 1 is 1.08 bits per heavy atom. The van der Waals surface area contributed by atoms with Gasteiger partial charge in [-0.05, 0) is 55.3 Å². The van der Waals surface area contributed by atoms with Crippen molar-refractivity contribution in [2.75, 3.05) is 4.72 Å². The van der Waals surface area contributed by atoms with E-state index in [0.717, 1.165) is 24.1 Å². The molecule has 0 aliphatic rings. The van der Waals surface area contributed by atoms with Gasteiger partial charge in [-0.2, -0.15) is 0 Å². The lowest BCUT2D eigenvalue weighted by molar-refractivity contribution is -0.121. The molecule has 0 aromatic heterocycles. The standard InChI is InChI=1S/C18H21FN2O3S/c1-3-13(2)20-18(22)12-14-4-8-16(9-5-14)21-25(23,24)17-10-6-15(19)7-11-17/h4-11,13,21H,3,12H2,1-2H3,(H,20,22). The fourth-order valence-corrected chi connectivity index (χ4v) is 3.19. The maximum absolute atomic E-state index is 12.9. The molecule has 0 saturated heterocycles. The van der Waals surface area contributed by atoms with Crippen LogP contribution in [0.5, 0.6) is 0 Å². The highest BCUT2D eigenvalue weighted by Gasteiger charge is 2.14. The Hall–Kier alpha value is -2.41. The molecular weight excluding hydrogens is 343 g/mol. The number of carbonyl (C=O) groups excluding carboxylic acids is 1. The van der Waals surface area contributed by atoms with Crippen LogP contribution in [-0.2, 0) is 21.2 Å². The van der Waals surface area contributed by atoms with Gasteiger partial charge in [0.2, 0.25) is 5.91 Å². The number of nitrogens with one attached hydrogen (secondary N) is 2. The lowest BCUT2D eigenvalue weighted by atomic mass is 10.1. The summed E-state index contributed by atoms with van der Waals surface area (Å²) in [6.45, 7) is 3.93. The Morgan fingerprint density at radius 2 is 1.68 bits per heavy atom. The maximum atomic E-state index is 12.9. The highest BCUT2D eigenvalue weighted by Crippen LogP contribution is 2.17. The summed E-state index contributed by atoms with van der Waals surface area (Å²) in [6, 6.07) is 11.3. The summed E-state index contributed by atoms with van der Waals surface area (Å²) < 4.78 is 39.8. The number of sulfonamides is 1. The Morgan fingerprint density at radius 3 is 2.24 bits per heavy atom. The maximum Gasteiger partial charge on any atom is 0.261 e. The van der Waals surface area contributed by atoms with Crippen molar-refractivity contribution >= 4 is 21.6 Å². The van der Waals surface area contributed by atoms with Crippen molar-refractivity contribution in [2.45, 2.75) is 37.6 Å². The van der Waals surface area contributed by atoms with Gasteiger partial charge in [0.05, 0.1) is 11.3 Å². The molecule has 2 rings (SSSR count). The van der Waals surface area contributed by atoms with E-state index in [1.165, 1.54) is 12.1 Å². The summed E-state index contributed by atoms with van der Waals surface area (Å²) in [6.07, 6.45) is 1.09. The van der Waals surface area contributed by atoms with E-state index in [1.807, 2.05) is 13.8 Å². The molecule has 0 spiro atoms. The molecular formula is C18H21FN2O3S. The molecule has 0 aliphatic heterocycles. The molecule has 0 fully saturated rings. The van der Waals surface area contributed by atoms with Crippen LogP contribution >= 0.6 is 0 Å². The lowest BCUT2D eigenvalue weighted by Crippen LogP contribution is -2.33. The Bertz CT molecular complexity index is 818. The average molecular weight is 364 g/mol. The number of carbonyl (C=O) groups is 1. The summed E-state index contributed by atoms with van der Waals surface area (Å²) in [5.74, 6) is -0.576. The number of anilines is 1. The largest absolute Gasteiger partial charge is 0.353 e. The second kappa shape index (κ2) is 8.11. The minimum absolute atomic E-state index is 0.0223. The van der Waals surface area contributed by atoms with E-state index in [1.54, 1.807) is 24.3 Å². The van der Waals surface area contributed by atoms with Gasteiger partial charge in [0, 0.05) is 11.7 Å². The van der Waals surface area contributed by atoms with Gasteiger partial charge in [0.15, 0.2) is 0 Å². The smallest absolute Gasteiger partial charge is 0.261 e. The number of benzene rings is 2. The second-order valence-corrected chi connectivity index (χ2v) is 7.49. The van der Waals surface area contributed by atoms with E-state index in [-0.39, 0.29) is 23.3 Å². The van der Waals surface area contributed by atoms with E-state index in [4.69, 9.17) is 0 Å². The summed E-state index contributed by atoms with van der Waals surface area (Å²) in [7, 11) is -3.78. The van der Waals surface area contributed by atoms with E-state index in [0.29, 0.717) is 5.69 Å². The van der Waals surface area contributed by atoms with Crippen LogP contribution < -0.4 is 10.0 Å². The van der Waals surface area contributed by atoms with Crippen LogP contribution in [0.15, 0.2) is 53.4 Å². The van der Waals surface area contributed by atoms with Gasteiger partial charge in [-0.25, -0.2) is 12.8 Å². The Balaban J connectivity index is 2.02. The van der Waals surface area contributed by atoms with Gasteiger partial charge >= 0.3 is 0 Å². The highest BCUT2D eigenvalue weighted by molar-refractivity contribution is 7.92. The Kier molecular flexibility index (Phi) is 6.14. The zero-order valence-electron chi connectivity index (χ0n) is 14.1. The fraction of sp³-hybridized carbons (Fsp3) is 0.278. The second-order valence-electron chi connectivity index (χ2n) is 5.81. The first-order valence-corrected chi connectivity index (χ1v) is 9.45. The predicted octanol–water partition coefficient (Wildman–Crippen LogP) is 3.08. The SMILES string of the molecule is CCC(C)NC(=O)Cc1ccc(NS(=O)(=O)c2ccc(F)cc2)cc1. The summed E-state index contributed by atoms with van der Waals surface area (Å²) in [5.41, 5.74) is 1.15. The predicted molar refractivity (Wildman–Crippen MR) is 95.3 cm³/mol. The van der Waals surface area contributed by atoms with Gasteiger partial charge in [-0.1, -0.05) is 19.1 Å². The third-order valence-electron chi connectivity index (χ3n) is 3.71. The fourth-order valence-electron chi connectivity index (χ4n) is 2.13. The first-order chi connectivity index (χ1) is 11.8. The number of rotatable bonds is 7. The van der Waals surface area contributed by atoms with Gasteiger partial charge in [-0.3, -0.25) is 9.52 Å². The van der Waals surface area contributed by atoms with E-state index >= 15 is 0 Å². The lowest BCUT2D eigenvalue weighted by Gasteiger charge is -2.12. The first-order valence-electron chi connectivity index (χ1n) is 7.97. The molecule has 7 heteroatoms. The molecule has 1 atom stereocenters. The quantitative estimate of drug-likeness (QED) is 0.793. The van der Waals surface area contributed by atoms with Crippen LogP contribution in [-0.4, -0.2) is 20.4 Å². The number of amides is 1. The van der Waals surface area contributed by atoms with Gasteiger partial charge in [-0.15, -0.1) is 0 Å². The third kappa shape index (κ3) is 5.56. The van der Waals surface area contributed by atoms with Crippen LogP contribution in [0.1, 0.15) is 25.8 Å². The van der Waals surface area contributed by atoms with Crippen molar-refractivity contribution in [3.63, 3.8) is 0 Å². The van der Waals surface area contributed by atoms with Crippen LogP contribution in [0.2, 0.25) is 0 Å². The molecule has 1 amide bonds. The van der Waals surface area contributed by atoms with Crippen LogP contribution in [0, 0.1) is 5.82 Å². The number of hydrogen-bond acceptors (Lipinski definition) is 3. The number of hydrogen-bond donors (Lipinski definition) is 2. The normalized spacial score (nSPS) is 12.4. The van der Waals surface area contributed by atoms with Gasteiger partial charge in [0.1, 0.15) is 5.82 Å². The molecule has 134 valence electrons. The molecule has 2 aromatic rings. The van der Waals surface area contributed by atoms with Crippen LogP contribution in [0.4, 0.5) is 10.1 Å². The molecule has 0 radical (unpaired) electrons. The van der Waals surface area contributed by atoms with Crippen molar-refractivity contribution < 1.29 is 17.6 Å². The Labute approximate surface area is 147 Å². The van der Waals surface area contributed by atoms with Crippen molar-refractivity contribution in [2.24, 2.45) is 0 Å². The molecule has 25 heavy (non-hydrogen) atoms. The molecule has 2 N–H and O–H groups in total. The summed E-state index contributed by atoms with van der Waals surface area (Å²) in [4.78, 5) is 11.8. The third-order valence-corrected chi connectivity index (χ3v) is 5.11. The average Bonchev–Trinajstić information content (AvgIpc) is 2.56. The molecule has 0 heterocycles. The summed E-state index contributed by atoms with van der Waals surface area (Å²) in [5, 5.41) is 2.88. The van der Waals surface area contributed by atoms with Crippen LogP contribution in [0.3, 0.4) is 0 Å². The monoisotopic (exact) mass is 364 g/mol. The van der Waals surface area contributed by atoms with Gasteiger partial charge in [0.25, 0.3) is 10.0 Å². The van der Waals surface area contributed by atoms with E-state index in [9.17, 15) is 17.6 Å². The van der Waals surface area contributed by atoms with Crippen molar-refractivity contribution in [3.05, 3.63) is 59.9 Å².